The first kappa shape index (κ1) is 23.5. The van der Waals surface area contributed by atoms with Gasteiger partial charge in [-0.25, -0.2) is 4.79 Å². The molecule has 0 aliphatic carbocycles. The van der Waals surface area contributed by atoms with Gasteiger partial charge < -0.3 is 19.5 Å². The number of carbonyl (C=O) groups is 2. The van der Waals surface area contributed by atoms with E-state index in [4.69, 9.17) is 4.42 Å². The number of carbonyl (C=O) groups excluding carboxylic acids is 2. The summed E-state index contributed by atoms with van der Waals surface area (Å²) in [6, 6.07) is 13.5. The van der Waals surface area contributed by atoms with E-state index in [-0.39, 0.29) is 30.1 Å². The Bertz CT molecular complexity index is 782. The summed E-state index contributed by atoms with van der Waals surface area (Å²) in [7, 11) is 0. The van der Waals surface area contributed by atoms with Gasteiger partial charge in [0.2, 0.25) is 5.91 Å². The number of hydrogen-bond donors (Lipinski definition) is 1. The molecule has 2 aromatic rings. The van der Waals surface area contributed by atoms with Crippen molar-refractivity contribution in [3.05, 3.63) is 60.1 Å². The van der Waals surface area contributed by atoms with Crippen LogP contribution in [0.2, 0.25) is 0 Å². The molecule has 0 saturated heterocycles. The Morgan fingerprint density at radius 3 is 2.37 bits per heavy atom. The highest BCUT2D eigenvalue weighted by Gasteiger charge is 2.27. The lowest BCUT2D eigenvalue weighted by atomic mass is 10.1. The first-order valence-corrected chi connectivity index (χ1v) is 10.6. The summed E-state index contributed by atoms with van der Waals surface area (Å²) >= 11 is 0. The summed E-state index contributed by atoms with van der Waals surface area (Å²) in [5.41, 5.74) is 0.798. The molecule has 30 heavy (non-hydrogen) atoms. The van der Waals surface area contributed by atoms with E-state index in [9.17, 15) is 9.59 Å². The standard InChI is InChI=1S/C24H35N3O3/c1-6-19(2)27(23(29)25-24(3,4)5)18-22(28)26(17-21-13-10-16-30-21)15-14-20-11-8-7-9-12-20/h7-13,16,19H,6,14-15,17-18H2,1-5H3,(H,25,29). The van der Waals surface area contributed by atoms with Crippen LogP contribution >= 0.6 is 0 Å². The molecule has 0 bridgehead atoms. The van der Waals surface area contributed by atoms with Gasteiger partial charge in [0.25, 0.3) is 0 Å². The number of benzene rings is 1. The number of furan rings is 1. The fourth-order valence-electron chi connectivity index (χ4n) is 3.08. The molecule has 0 saturated carbocycles. The lowest BCUT2D eigenvalue weighted by molar-refractivity contribution is -0.133. The van der Waals surface area contributed by atoms with Crippen LogP contribution in [0, 0.1) is 0 Å². The maximum absolute atomic E-state index is 13.3. The van der Waals surface area contributed by atoms with Gasteiger partial charge in [-0.15, -0.1) is 0 Å². The van der Waals surface area contributed by atoms with E-state index in [1.54, 1.807) is 16.1 Å². The molecule has 0 aliphatic rings. The van der Waals surface area contributed by atoms with Crippen molar-refractivity contribution in [3.8, 4) is 0 Å². The molecule has 1 heterocycles. The van der Waals surface area contributed by atoms with Crippen molar-refractivity contribution in [2.75, 3.05) is 13.1 Å². The minimum Gasteiger partial charge on any atom is -0.467 e. The van der Waals surface area contributed by atoms with E-state index in [0.29, 0.717) is 13.1 Å². The lowest BCUT2D eigenvalue weighted by Crippen LogP contribution is -2.54. The summed E-state index contributed by atoms with van der Waals surface area (Å²) in [6.07, 6.45) is 3.12. The summed E-state index contributed by atoms with van der Waals surface area (Å²) < 4.78 is 5.47. The first-order valence-electron chi connectivity index (χ1n) is 10.6. The Morgan fingerprint density at radius 2 is 1.80 bits per heavy atom. The molecule has 3 amide bonds. The third-order valence-corrected chi connectivity index (χ3v) is 4.96. The predicted molar refractivity (Wildman–Crippen MR) is 119 cm³/mol. The molecule has 1 aromatic heterocycles. The highest BCUT2D eigenvalue weighted by Crippen LogP contribution is 2.12. The quantitative estimate of drug-likeness (QED) is 0.660. The Hall–Kier alpha value is -2.76. The molecule has 1 unspecified atom stereocenters. The van der Waals surface area contributed by atoms with Crippen LogP contribution in [0.3, 0.4) is 0 Å². The third-order valence-electron chi connectivity index (χ3n) is 4.96. The molecule has 0 fully saturated rings. The van der Waals surface area contributed by atoms with Crippen LogP contribution in [0.1, 0.15) is 52.4 Å². The molecule has 0 spiro atoms. The van der Waals surface area contributed by atoms with E-state index < -0.39 is 0 Å². The second-order valence-electron chi connectivity index (χ2n) is 8.70. The average molecular weight is 414 g/mol. The molecule has 1 N–H and O–H groups in total. The highest BCUT2D eigenvalue weighted by atomic mass is 16.3. The van der Waals surface area contributed by atoms with Gasteiger partial charge in [0.15, 0.2) is 0 Å². The Kier molecular flexibility index (Phi) is 8.51. The fraction of sp³-hybridized carbons (Fsp3) is 0.500. The van der Waals surface area contributed by atoms with E-state index in [1.165, 1.54) is 5.56 Å². The van der Waals surface area contributed by atoms with E-state index >= 15 is 0 Å². The minimum absolute atomic E-state index is 0.0341. The molecule has 6 nitrogen and oxygen atoms in total. The zero-order valence-corrected chi connectivity index (χ0v) is 18.9. The van der Waals surface area contributed by atoms with Crippen molar-refractivity contribution in [1.82, 2.24) is 15.1 Å². The molecule has 0 radical (unpaired) electrons. The minimum atomic E-state index is -0.368. The number of urea groups is 1. The predicted octanol–water partition coefficient (Wildman–Crippen LogP) is 4.46. The van der Waals surface area contributed by atoms with Gasteiger partial charge in [0.05, 0.1) is 12.8 Å². The van der Waals surface area contributed by atoms with Crippen molar-refractivity contribution < 1.29 is 14.0 Å². The maximum atomic E-state index is 13.3. The smallest absolute Gasteiger partial charge is 0.318 e. The monoisotopic (exact) mass is 413 g/mol. The number of rotatable bonds is 9. The van der Waals surface area contributed by atoms with Crippen LogP contribution in [0.25, 0.3) is 0 Å². The second-order valence-corrected chi connectivity index (χ2v) is 8.70. The van der Waals surface area contributed by atoms with Gasteiger partial charge >= 0.3 is 6.03 Å². The van der Waals surface area contributed by atoms with Gasteiger partial charge in [0, 0.05) is 18.1 Å². The molecule has 6 heteroatoms. The Morgan fingerprint density at radius 1 is 1.10 bits per heavy atom. The second kappa shape index (κ2) is 10.9. The van der Waals surface area contributed by atoms with Gasteiger partial charge in [-0.3, -0.25) is 4.79 Å². The SMILES string of the molecule is CCC(C)N(CC(=O)N(CCc1ccccc1)Cc1ccco1)C(=O)NC(C)(C)C. The van der Waals surface area contributed by atoms with E-state index in [1.807, 2.05) is 65.0 Å². The number of nitrogens with one attached hydrogen (secondary N) is 1. The molecular formula is C24H35N3O3. The van der Waals surface area contributed by atoms with E-state index in [0.717, 1.165) is 18.6 Å². The van der Waals surface area contributed by atoms with Crippen molar-refractivity contribution >= 4 is 11.9 Å². The maximum Gasteiger partial charge on any atom is 0.318 e. The number of hydrogen-bond acceptors (Lipinski definition) is 3. The van der Waals surface area contributed by atoms with Crippen molar-refractivity contribution in [1.29, 1.82) is 0 Å². The van der Waals surface area contributed by atoms with Crippen LogP contribution < -0.4 is 5.32 Å². The summed E-state index contributed by atoms with van der Waals surface area (Å²) in [6.45, 7) is 10.8. The lowest BCUT2D eigenvalue weighted by Gasteiger charge is -2.33. The largest absolute Gasteiger partial charge is 0.467 e. The normalized spacial score (nSPS) is 12.3. The number of amides is 3. The topological polar surface area (TPSA) is 65.8 Å². The van der Waals surface area contributed by atoms with Crippen LogP contribution in [0.4, 0.5) is 4.79 Å². The van der Waals surface area contributed by atoms with Crippen LogP contribution in [0.5, 0.6) is 0 Å². The molecule has 1 atom stereocenters. The van der Waals surface area contributed by atoms with Crippen molar-refractivity contribution in [2.24, 2.45) is 0 Å². The molecule has 0 aliphatic heterocycles. The number of nitrogens with zero attached hydrogens (tertiary/aromatic N) is 2. The summed E-state index contributed by atoms with van der Waals surface area (Å²) in [5, 5.41) is 2.98. The third kappa shape index (κ3) is 7.58. The van der Waals surface area contributed by atoms with Crippen molar-refractivity contribution in [3.63, 3.8) is 0 Å². The molecule has 164 valence electrons. The first-order chi connectivity index (χ1) is 14.2. The van der Waals surface area contributed by atoms with Gasteiger partial charge in [0.1, 0.15) is 12.3 Å². The molecule has 2 rings (SSSR count). The van der Waals surface area contributed by atoms with Gasteiger partial charge in [-0.1, -0.05) is 37.3 Å². The van der Waals surface area contributed by atoms with Crippen LogP contribution in [0.15, 0.2) is 53.1 Å². The van der Waals surface area contributed by atoms with Crippen LogP contribution in [-0.4, -0.2) is 46.4 Å². The Labute approximate surface area is 180 Å². The summed E-state index contributed by atoms with van der Waals surface area (Å²) in [5.74, 6) is 0.636. The Balaban J connectivity index is 2.13. The fourth-order valence-corrected chi connectivity index (χ4v) is 3.08. The zero-order valence-electron chi connectivity index (χ0n) is 18.9. The van der Waals surface area contributed by atoms with Gasteiger partial charge in [-0.05, 0) is 58.2 Å². The van der Waals surface area contributed by atoms with E-state index in [2.05, 4.69) is 17.4 Å². The van der Waals surface area contributed by atoms with Crippen LogP contribution in [-0.2, 0) is 17.8 Å². The molecule has 1 aromatic carbocycles. The molecular weight excluding hydrogens is 378 g/mol. The van der Waals surface area contributed by atoms with Crippen molar-refractivity contribution in [2.45, 2.75) is 65.6 Å². The zero-order chi connectivity index (χ0) is 22.1. The van der Waals surface area contributed by atoms with Gasteiger partial charge in [-0.2, -0.15) is 0 Å². The average Bonchev–Trinajstić information content (AvgIpc) is 3.21. The highest BCUT2D eigenvalue weighted by molar-refractivity contribution is 5.84. The summed E-state index contributed by atoms with van der Waals surface area (Å²) in [4.78, 5) is 29.5.